The van der Waals surface area contributed by atoms with Crippen LogP contribution in [0.5, 0.6) is 0 Å². The molecule has 1 aromatic carbocycles. The Morgan fingerprint density at radius 1 is 1.37 bits per heavy atom. The van der Waals surface area contributed by atoms with Gasteiger partial charge in [0, 0.05) is 11.0 Å². The normalized spacial score (nSPS) is 17.6. The fraction of sp³-hybridized carbons (Fsp3) is 0.500. The van der Waals surface area contributed by atoms with Crippen LogP contribution in [0.25, 0.3) is 0 Å². The van der Waals surface area contributed by atoms with Crippen LogP contribution in [-0.2, 0) is 10.0 Å². The van der Waals surface area contributed by atoms with Crippen molar-refractivity contribution < 1.29 is 12.8 Å². The van der Waals surface area contributed by atoms with E-state index in [1.807, 2.05) is 11.8 Å². The number of hydrogen-bond acceptors (Lipinski definition) is 3. The number of nitrogens with one attached hydrogen (secondary N) is 1. The van der Waals surface area contributed by atoms with Gasteiger partial charge in [0.15, 0.2) is 0 Å². The zero-order valence-corrected chi connectivity index (χ0v) is 13.5. The highest BCUT2D eigenvalue weighted by Crippen LogP contribution is 2.23. The Morgan fingerprint density at radius 3 is 2.68 bits per heavy atom. The van der Waals surface area contributed by atoms with Gasteiger partial charge in [-0.2, -0.15) is 11.8 Å². The third-order valence-corrected chi connectivity index (χ3v) is 6.09. The molecule has 2 rings (SSSR count). The van der Waals surface area contributed by atoms with E-state index in [0.29, 0.717) is 16.9 Å². The lowest BCUT2D eigenvalue weighted by atomic mass is 10.0. The van der Waals surface area contributed by atoms with Gasteiger partial charge in [0.2, 0.25) is 10.0 Å². The second kappa shape index (κ2) is 6.56. The Bertz CT molecular complexity index is 545. The van der Waals surface area contributed by atoms with E-state index in [0.717, 1.165) is 30.4 Å². The maximum absolute atomic E-state index is 13.7. The van der Waals surface area contributed by atoms with E-state index in [1.165, 1.54) is 12.1 Å². The Morgan fingerprint density at radius 2 is 2.05 bits per heavy atom. The zero-order chi connectivity index (χ0) is 13.9. The van der Waals surface area contributed by atoms with Gasteiger partial charge in [-0.3, -0.25) is 0 Å². The van der Waals surface area contributed by atoms with Crippen LogP contribution in [0.3, 0.4) is 0 Å². The van der Waals surface area contributed by atoms with Crippen LogP contribution in [0.15, 0.2) is 27.6 Å². The van der Waals surface area contributed by atoms with Crippen LogP contribution < -0.4 is 4.72 Å². The minimum absolute atomic E-state index is 0.291. The van der Waals surface area contributed by atoms with Gasteiger partial charge < -0.3 is 0 Å². The van der Waals surface area contributed by atoms with Crippen molar-refractivity contribution in [3.05, 3.63) is 28.5 Å². The average Bonchev–Trinajstić information content (AvgIpc) is 2.37. The predicted octanol–water partition coefficient (Wildman–Crippen LogP) is 3.01. The summed E-state index contributed by atoms with van der Waals surface area (Å²) in [6, 6.07) is 3.96. The topological polar surface area (TPSA) is 46.2 Å². The molecule has 3 nitrogen and oxygen atoms in total. The first-order valence-electron chi connectivity index (χ1n) is 6.01. The molecule has 1 saturated heterocycles. The molecule has 0 bridgehead atoms. The second-order valence-corrected chi connectivity index (χ2v) is 8.36. The summed E-state index contributed by atoms with van der Waals surface area (Å²) in [6.07, 6.45) is 2.02. The van der Waals surface area contributed by atoms with Crippen molar-refractivity contribution in [2.75, 3.05) is 18.1 Å². The van der Waals surface area contributed by atoms with Crippen LogP contribution >= 0.6 is 27.7 Å². The Hall–Kier alpha value is -0.110. The fourth-order valence-corrected chi connectivity index (χ4v) is 4.66. The Labute approximate surface area is 125 Å². The highest BCUT2D eigenvalue weighted by molar-refractivity contribution is 9.10. The minimum atomic E-state index is -3.76. The standard InChI is InChI=1S/C12H15BrFNO2S2/c13-10-1-2-12(11(14)7-10)19(16,17)15-8-9-3-5-18-6-4-9/h1-2,7,9,15H,3-6,8H2. The van der Waals surface area contributed by atoms with Gasteiger partial charge in [-0.25, -0.2) is 17.5 Å². The monoisotopic (exact) mass is 367 g/mol. The van der Waals surface area contributed by atoms with Gasteiger partial charge in [-0.05, 0) is 48.5 Å². The van der Waals surface area contributed by atoms with Crippen LogP contribution in [-0.4, -0.2) is 26.5 Å². The molecule has 1 heterocycles. The molecule has 0 amide bonds. The molecule has 1 N–H and O–H groups in total. The van der Waals surface area contributed by atoms with Crippen molar-refractivity contribution in [2.24, 2.45) is 5.92 Å². The van der Waals surface area contributed by atoms with Crippen LogP contribution in [0.4, 0.5) is 4.39 Å². The molecule has 0 saturated carbocycles. The number of thioether (sulfide) groups is 1. The van der Waals surface area contributed by atoms with Crippen molar-refractivity contribution in [1.29, 1.82) is 0 Å². The molecule has 7 heteroatoms. The molecule has 0 aromatic heterocycles. The number of halogens is 2. The molecule has 0 unspecified atom stereocenters. The lowest BCUT2D eigenvalue weighted by molar-refractivity contribution is 0.475. The van der Waals surface area contributed by atoms with Gasteiger partial charge in [0.25, 0.3) is 0 Å². The lowest BCUT2D eigenvalue weighted by Gasteiger charge is -2.21. The van der Waals surface area contributed by atoms with Gasteiger partial charge >= 0.3 is 0 Å². The van der Waals surface area contributed by atoms with Crippen molar-refractivity contribution in [1.82, 2.24) is 4.72 Å². The highest BCUT2D eigenvalue weighted by Gasteiger charge is 2.21. The molecular formula is C12H15BrFNO2S2. The SMILES string of the molecule is O=S(=O)(NCC1CCSCC1)c1ccc(Br)cc1F. The Kier molecular flexibility index (Phi) is 5.28. The van der Waals surface area contributed by atoms with Crippen molar-refractivity contribution >= 4 is 37.7 Å². The fourth-order valence-electron chi connectivity index (χ4n) is 1.95. The highest BCUT2D eigenvalue weighted by atomic mass is 79.9. The summed E-state index contributed by atoms with van der Waals surface area (Å²) in [5.74, 6) is 1.76. The number of rotatable bonds is 4. The molecular weight excluding hydrogens is 353 g/mol. The van der Waals surface area contributed by atoms with Crippen LogP contribution in [0, 0.1) is 11.7 Å². The van der Waals surface area contributed by atoms with Gasteiger partial charge in [-0.1, -0.05) is 15.9 Å². The average molecular weight is 368 g/mol. The first-order chi connectivity index (χ1) is 8.99. The summed E-state index contributed by atoms with van der Waals surface area (Å²) in [5.41, 5.74) is 0. The third kappa shape index (κ3) is 4.18. The summed E-state index contributed by atoms with van der Waals surface area (Å²) in [6.45, 7) is 0.387. The smallest absolute Gasteiger partial charge is 0.211 e. The van der Waals surface area contributed by atoms with E-state index in [1.54, 1.807) is 0 Å². The maximum atomic E-state index is 13.7. The van der Waals surface area contributed by atoms with Crippen molar-refractivity contribution in [3.8, 4) is 0 Å². The molecule has 1 aliphatic heterocycles. The summed E-state index contributed by atoms with van der Waals surface area (Å²) in [4.78, 5) is -0.291. The molecule has 106 valence electrons. The molecule has 1 aromatic rings. The molecule has 0 atom stereocenters. The zero-order valence-electron chi connectivity index (χ0n) is 10.2. The summed E-state index contributed by atoms with van der Waals surface area (Å²) < 4.78 is 40.8. The Balaban J connectivity index is 2.05. The van der Waals surface area contributed by atoms with E-state index in [-0.39, 0.29) is 4.90 Å². The lowest BCUT2D eigenvalue weighted by Crippen LogP contribution is -2.31. The number of benzene rings is 1. The van der Waals surface area contributed by atoms with Gasteiger partial charge in [0.1, 0.15) is 10.7 Å². The summed E-state index contributed by atoms with van der Waals surface area (Å²) in [7, 11) is -3.76. The van der Waals surface area contributed by atoms with E-state index in [2.05, 4.69) is 20.7 Å². The van der Waals surface area contributed by atoms with E-state index < -0.39 is 15.8 Å². The van der Waals surface area contributed by atoms with Crippen molar-refractivity contribution in [2.45, 2.75) is 17.7 Å². The first kappa shape index (κ1) is 15.3. The van der Waals surface area contributed by atoms with Gasteiger partial charge in [0.05, 0.1) is 0 Å². The van der Waals surface area contributed by atoms with Crippen LogP contribution in [0.2, 0.25) is 0 Å². The molecule has 19 heavy (non-hydrogen) atoms. The molecule has 1 aliphatic rings. The molecule has 0 spiro atoms. The molecule has 1 fully saturated rings. The summed E-state index contributed by atoms with van der Waals surface area (Å²) >= 11 is 5.00. The van der Waals surface area contributed by atoms with Crippen LogP contribution in [0.1, 0.15) is 12.8 Å². The maximum Gasteiger partial charge on any atom is 0.243 e. The van der Waals surface area contributed by atoms with E-state index in [9.17, 15) is 12.8 Å². The third-order valence-electron chi connectivity index (χ3n) is 3.09. The number of hydrogen-bond donors (Lipinski definition) is 1. The molecule has 0 radical (unpaired) electrons. The van der Waals surface area contributed by atoms with Gasteiger partial charge in [-0.15, -0.1) is 0 Å². The van der Waals surface area contributed by atoms with E-state index >= 15 is 0 Å². The van der Waals surface area contributed by atoms with Crippen molar-refractivity contribution in [3.63, 3.8) is 0 Å². The minimum Gasteiger partial charge on any atom is -0.211 e. The second-order valence-electron chi connectivity index (χ2n) is 4.48. The van der Waals surface area contributed by atoms with E-state index in [4.69, 9.17) is 0 Å². The largest absolute Gasteiger partial charge is 0.243 e. The molecule has 0 aliphatic carbocycles. The summed E-state index contributed by atoms with van der Waals surface area (Å²) in [5, 5.41) is 0. The first-order valence-corrected chi connectivity index (χ1v) is 9.44. The number of sulfonamides is 1. The predicted molar refractivity (Wildman–Crippen MR) is 79.3 cm³/mol. The quantitative estimate of drug-likeness (QED) is 0.889.